The third-order valence-corrected chi connectivity index (χ3v) is 2.33. The zero-order chi connectivity index (χ0) is 10.0. The molecule has 3 atom stereocenters. The van der Waals surface area contributed by atoms with Crippen molar-refractivity contribution >= 4 is 5.91 Å². The number of aliphatic hydroxyl groups excluding tert-OH is 2. The van der Waals surface area contributed by atoms with Gasteiger partial charge in [0.1, 0.15) is 0 Å². The molecule has 0 aliphatic carbocycles. The van der Waals surface area contributed by atoms with Gasteiger partial charge in [-0.3, -0.25) is 4.79 Å². The van der Waals surface area contributed by atoms with Crippen molar-refractivity contribution in [2.24, 2.45) is 5.73 Å². The van der Waals surface area contributed by atoms with Crippen molar-refractivity contribution in [1.82, 2.24) is 4.90 Å². The van der Waals surface area contributed by atoms with Crippen molar-refractivity contribution in [3.63, 3.8) is 0 Å². The van der Waals surface area contributed by atoms with E-state index in [4.69, 9.17) is 10.8 Å². The summed E-state index contributed by atoms with van der Waals surface area (Å²) in [4.78, 5) is 12.8. The Kier molecular flexibility index (Phi) is 3.24. The van der Waals surface area contributed by atoms with Crippen LogP contribution in [0.2, 0.25) is 0 Å². The number of likely N-dealkylation sites (tertiary alicyclic amines) is 1. The van der Waals surface area contributed by atoms with Crippen LogP contribution in [0.4, 0.5) is 0 Å². The molecule has 5 nitrogen and oxygen atoms in total. The molecule has 13 heavy (non-hydrogen) atoms. The number of nitrogens with two attached hydrogens (primary N) is 1. The molecule has 1 saturated heterocycles. The highest BCUT2D eigenvalue weighted by Crippen LogP contribution is 2.14. The molecule has 1 rings (SSSR count). The maximum absolute atomic E-state index is 11.3. The van der Waals surface area contributed by atoms with E-state index in [-0.39, 0.29) is 18.6 Å². The van der Waals surface area contributed by atoms with Gasteiger partial charge in [-0.1, -0.05) is 0 Å². The molecule has 0 aromatic heterocycles. The Morgan fingerprint density at radius 1 is 1.77 bits per heavy atom. The number of aliphatic hydroxyl groups is 2. The molecule has 0 radical (unpaired) electrons. The molecule has 0 spiro atoms. The van der Waals surface area contributed by atoms with Crippen molar-refractivity contribution in [3.05, 3.63) is 0 Å². The summed E-state index contributed by atoms with van der Waals surface area (Å²) < 4.78 is 0. The van der Waals surface area contributed by atoms with Gasteiger partial charge in [0.25, 0.3) is 0 Å². The molecule has 1 aliphatic rings. The van der Waals surface area contributed by atoms with E-state index in [9.17, 15) is 9.90 Å². The molecule has 76 valence electrons. The van der Waals surface area contributed by atoms with E-state index in [1.165, 1.54) is 4.90 Å². The Labute approximate surface area is 77.1 Å². The highest BCUT2D eigenvalue weighted by Gasteiger charge is 2.34. The number of nitrogens with zero attached hydrogens (tertiary/aromatic N) is 1. The highest BCUT2D eigenvalue weighted by atomic mass is 16.3. The number of hydrogen-bond acceptors (Lipinski definition) is 4. The zero-order valence-electron chi connectivity index (χ0n) is 7.68. The van der Waals surface area contributed by atoms with Gasteiger partial charge in [0.2, 0.25) is 5.91 Å². The van der Waals surface area contributed by atoms with E-state index < -0.39 is 12.1 Å². The topological polar surface area (TPSA) is 86.8 Å². The van der Waals surface area contributed by atoms with Gasteiger partial charge in [0.15, 0.2) is 0 Å². The van der Waals surface area contributed by atoms with Gasteiger partial charge in [-0.15, -0.1) is 0 Å². The van der Waals surface area contributed by atoms with Gasteiger partial charge in [-0.2, -0.15) is 0 Å². The number of carbonyl (C=O) groups excluding carboxylic acids is 1. The van der Waals surface area contributed by atoms with E-state index in [0.717, 1.165) is 0 Å². The maximum Gasteiger partial charge on any atom is 0.224 e. The van der Waals surface area contributed by atoms with Gasteiger partial charge in [-0.25, -0.2) is 0 Å². The zero-order valence-corrected chi connectivity index (χ0v) is 7.68. The number of rotatable bonds is 3. The first kappa shape index (κ1) is 10.4. The Morgan fingerprint density at radius 2 is 2.38 bits per heavy atom. The Balaban J connectivity index is 2.64. The smallest absolute Gasteiger partial charge is 0.224 e. The van der Waals surface area contributed by atoms with Gasteiger partial charge in [-0.05, 0) is 6.92 Å². The van der Waals surface area contributed by atoms with E-state index >= 15 is 0 Å². The van der Waals surface area contributed by atoms with Crippen LogP contribution in [0.5, 0.6) is 0 Å². The fourth-order valence-electron chi connectivity index (χ4n) is 1.59. The molecule has 1 fully saturated rings. The van der Waals surface area contributed by atoms with Crippen LogP contribution in [0.1, 0.15) is 13.3 Å². The summed E-state index contributed by atoms with van der Waals surface area (Å²) in [6.45, 7) is 1.75. The summed E-state index contributed by atoms with van der Waals surface area (Å²) in [7, 11) is 0. The van der Waals surface area contributed by atoms with Crippen LogP contribution in [0.15, 0.2) is 0 Å². The Morgan fingerprint density at radius 3 is 2.69 bits per heavy atom. The van der Waals surface area contributed by atoms with Gasteiger partial charge < -0.3 is 20.8 Å². The molecule has 4 N–H and O–H groups in total. The Hall–Kier alpha value is -0.650. The quantitative estimate of drug-likeness (QED) is 0.492. The van der Waals surface area contributed by atoms with Crippen LogP contribution in [0.3, 0.4) is 0 Å². The molecule has 0 saturated carbocycles. The van der Waals surface area contributed by atoms with Crippen molar-refractivity contribution < 1.29 is 15.0 Å². The lowest BCUT2D eigenvalue weighted by atomic mass is 10.2. The molecule has 0 bridgehead atoms. The van der Waals surface area contributed by atoms with E-state index in [2.05, 4.69) is 0 Å². The summed E-state index contributed by atoms with van der Waals surface area (Å²) in [5.41, 5.74) is 5.58. The minimum Gasteiger partial charge on any atom is -0.394 e. The summed E-state index contributed by atoms with van der Waals surface area (Å²) in [6, 6.07) is -0.679. The molecule has 1 amide bonds. The third kappa shape index (κ3) is 2.18. The molecule has 0 aromatic rings. The van der Waals surface area contributed by atoms with Crippen LogP contribution in [0, 0.1) is 0 Å². The van der Waals surface area contributed by atoms with Crippen LogP contribution < -0.4 is 5.73 Å². The fourth-order valence-corrected chi connectivity index (χ4v) is 1.59. The minimum atomic E-state index is -0.723. The summed E-state index contributed by atoms with van der Waals surface area (Å²) >= 11 is 0. The summed E-state index contributed by atoms with van der Waals surface area (Å²) in [5, 5.41) is 18.2. The summed E-state index contributed by atoms with van der Waals surface area (Å²) in [6.07, 6.45) is -0.414. The van der Waals surface area contributed by atoms with Crippen LogP contribution in [-0.4, -0.2) is 52.4 Å². The average Bonchev–Trinajstić information content (AvgIpc) is 2.31. The monoisotopic (exact) mass is 188 g/mol. The van der Waals surface area contributed by atoms with E-state index in [0.29, 0.717) is 13.0 Å². The van der Waals surface area contributed by atoms with Crippen LogP contribution in [0.25, 0.3) is 0 Å². The summed E-state index contributed by atoms with van der Waals surface area (Å²) in [5.74, 6) is -0.0903. The highest BCUT2D eigenvalue weighted by molar-refractivity contribution is 5.79. The molecule has 1 heterocycles. The van der Waals surface area contributed by atoms with Crippen molar-refractivity contribution in [1.29, 1.82) is 0 Å². The van der Waals surface area contributed by atoms with Crippen LogP contribution in [-0.2, 0) is 4.79 Å². The van der Waals surface area contributed by atoms with Gasteiger partial charge in [0.05, 0.1) is 18.8 Å². The maximum atomic E-state index is 11.3. The van der Waals surface area contributed by atoms with E-state index in [1.54, 1.807) is 6.92 Å². The van der Waals surface area contributed by atoms with Crippen molar-refractivity contribution in [3.8, 4) is 0 Å². The molecule has 1 unspecified atom stereocenters. The number of hydrogen-bond donors (Lipinski definition) is 3. The Bertz CT molecular complexity index is 196. The molecule has 0 aromatic carbocycles. The minimum absolute atomic E-state index is 0.0903. The second-order valence-electron chi connectivity index (χ2n) is 3.50. The first-order valence-electron chi connectivity index (χ1n) is 4.40. The predicted octanol–water partition coefficient (Wildman–Crippen LogP) is -1.71. The van der Waals surface area contributed by atoms with Crippen molar-refractivity contribution in [2.45, 2.75) is 31.5 Å². The van der Waals surface area contributed by atoms with Crippen molar-refractivity contribution in [2.75, 3.05) is 13.2 Å². The fraction of sp³-hybridized carbons (Fsp3) is 0.875. The number of carbonyl (C=O) groups is 1. The van der Waals surface area contributed by atoms with Gasteiger partial charge in [0, 0.05) is 19.0 Å². The lowest BCUT2D eigenvalue weighted by Gasteiger charge is -2.28. The van der Waals surface area contributed by atoms with Crippen LogP contribution >= 0.6 is 0 Å². The second kappa shape index (κ2) is 4.04. The molecule has 5 heteroatoms. The lowest BCUT2D eigenvalue weighted by molar-refractivity contribution is -0.132. The normalized spacial score (nSPS) is 27.8. The molecular formula is C8H16N2O3. The SMILES string of the molecule is C[C@@H](O)[C@@H](CO)N1CC(N)CC1=O. The molecule has 1 aliphatic heterocycles. The third-order valence-electron chi connectivity index (χ3n) is 2.33. The molecular weight excluding hydrogens is 172 g/mol. The van der Waals surface area contributed by atoms with E-state index in [1.807, 2.05) is 0 Å². The first-order valence-corrected chi connectivity index (χ1v) is 4.40. The standard InChI is InChI=1S/C8H16N2O3/c1-5(12)7(4-11)10-3-6(9)2-8(10)13/h5-7,11-12H,2-4,9H2,1H3/t5-,6?,7-/m1/s1. The lowest BCUT2D eigenvalue weighted by Crippen LogP contribution is -2.46. The average molecular weight is 188 g/mol. The number of amides is 1. The predicted molar refractivity (Wildman–Crippen MR) is 46.9 cm³/mol. The first-order chi connectivity index (χ1) is 6.06. The largest absolute Gasteiger partial charge is 0.394 e. The van der Waals surface area contributed by atoms with Gasteiger partial charge >= 0.3 is 0 Å². The second-order valence-corrected chi connectivity index (χ2v) is 3.50.